The molecule has 0 amide bonds. The molecule has 5 heteroatoms. The van der Waals surface area contributed by atoms with Crippen LogP contribution in [-0.4, -0.2) is 29.8 Å². The number of ether oxygens (including phenoxy) is 2. The molecule has 1 aromatic rings. The van der Waals surface area contributed by atoms with Gasteiger partial charge in [-0.3, -0.25) is 0 Å². The number of methoxy groups -OCH3 is 1. The molecule has 1 atom stereocenters. The van der Waals surface area contributed by atoms with Gasteiger partial charge in [-0.1, -0.05) is 0 Å². The highest BCUT2D eigenvalue weighted by molar-refractivity contribution is 9.10. The molecule has 0 fully saturated rings. The van der Waals surface area contributed by atoms with Crippen molar-refractivity contribution in [2.75, 3.05) is 13.7 Å². The van der Waals surface area contributed by atoms with E-state index < -0.39 is 0 Å². The number of halogens is 1. The lowest BCUT2D eigenvalue weighted by Gasteiger charge is -2.12. The van der Waals surface area contributed by atoms with E-state index in [1.54, 1.807) is 13.2 Å². The Morgan fingerprint density at radius 1 is 1.50 bits per heavy atom. The van der Waals surface area contributed by atoms with Gasteiger partial charge in [0.25, 0.3) is 0 Å². The van der Waals surface area contributed by atoms with Gasteiger partial charge in [0, 0.05) is 13.2 Å². The van der Waals surface area contributed by atoms with E-state index in [-0.39, 0.29) is 6.10 Å². The van der Waals surface area contributed by atoms with E-state index in [0.29, 0.717) is 18.3 Å². The van der Waals surface area contributed by atoms with Gasteiger partial charge in [0.15, 0.2) is 0 Å². The third-order valence-electron chi connectivity index (χ3n) is 1.51. The van der Waals surface area contributed by atoms with Gasteiger partial charge in [0.1, 0.15) is 16.5 Å². The van der Waals surface area contributed by atoms with E-state index in [4.69, 9.17) is 9.47 Å². The fourth-order valence-corrected chi connectivity index (χ4v) is 1.49. The summed E-state index contributed by atoms with van der Waals surface area (Å²) in [6.45, 7) is 4.29. The van der Waals surface area contributed by atoms with Crippen LogP contribution in [0, 0.1) is 6.92 Å². The Morgan fingerprint density at radius 3 is 2.79 bits per heavy atom. The molecule has 4 nitrogen and oxygen atoms in total. The van der Waals surface area contributed by atoms with Crippen molar-refractivity contribution in [2.45, 2.75) is 20.0 Å². The van der Waals surface area contributed by atoms with Crippen molar-refractivity contribution in [3.63, 3.8) is 0 Å². The number of nitrogens with zero attached hydrogens (tertiary/aromatic N) is 2. The second-order valence-electron chi connectivity index (χ2n) is 2.96. The molecule has 1 rings (SSSR count). The van der Waals surface area contributed by atoms with Crippen LogP contribution in [0.25, 0.3) is 0 Å². The largest absolute Gasteiger partial charge is 0.472 e. The van der Waals surface area contributed by atoms with Crippen LogP contribution >= 0.6 is 15.9 Å². The van der Waals surface area contributed by atoms with E-state index in [2.05, 4.69) is 25.9 Å². The minimum atomic E-state index is -0.0128. The molecular formula is C9H13BrN2O2. The monoisotopic (exact) mass is 260 g/mol. The number of rotatable bonds is 4. The summed E-state index contributed by atoms with van der Waals surface area (Å²) in [5, 5.41) is 0. The highest BCUT2D eigenvalue weighted by Crippen LogP contribution is 2.15. The molecule has 0 spiro atoms. The van der Waals surface area contributed by atoms with Crippen molar-refractivity contribution in [2.24, 2.45) is 0 Å². The van der Waals surface area contributed by atoms with Crippen molar-refractivity contribution in [3.8, 4) is 5.88 Å². The lowest BCUT2D eigenvalue weighted by Crippen LogP contribution is -2.18. The molecule has 0 N–H and O–H groups in total. The minimum absolute atomic E-state index is 0.0128. The van der Waals surface area contributed by atoms with Crippen LogP contribution in [0.5, 0.6) is 5.88 Å². The fourth-order valence-electron chi connectivity index (χ4n) is 1.04. The van der Waals surface area contributed by atoms with Crippen LogP contribution in [0.3, 0.4) is 0 Å². The summed E-state index contributed by atoms with van der Waals surface area (Å²) in [7, 11) is 1.64. The number of hydrogen-bond donors (Lipinski definition) is 0. The van der Waals surface area contributed by atoms with Gasteiger partial charge in [-0.15, -0.1) is 0 Å². The third kappa shape index (κ3) is 3.59. The Kier molecular flexibility index (Phi) is 4.28. The lowest BCUT2D eigenvalue weighted by atomic mass is 10.4. The maximum atomic E-state index is 5.51. The molecule has 1 heterocycles. The summed E-state index contributed by atoms with van der Waals surface area (Å²) in [6, 6.07) is 1.74. The molecule has 0 radical (unpaired) electrons. The van der Waals surface area contributed by atoms with E-state index in [1.165, 1.54) is 0 Å². The molecule has 0 aromatic carbocycles. The van der Waals surface area contributed by atoms with Crippen LogP contribution in [0.4, 0.5) is 0 Å². The Labute approximate surface area is 91.8 Å². The average molecular weight is 261 g/mol. The topological polar surface area (TPSA) is 44.2 Å². The molecule has 0 bridgehead atoms. The Hall–Kier alpha value is -0.680. The quantitative estimate of drug-likeness (QED) is 0.777. The SMILES string of the molecule is COCC(C)Oc1cc(Br)nc(C)n1. The second kappa shape index (κ2) is 5.26. The first-order chi connectivity index (χ1) is 6.61. The first-order valence-electron chi connectivity index (χ1n) is 4.28. The summed E-state index contributed by atoms with van der Waals surface area (Å²) in [4.78, 5) is 8.22. The zero-order chi connectivity index (χ0) is 10.6. The Balaban J connectivity index is 2.66. The van der Waals surface area contributed by atoms with Gasteiger partial charge in [-0.25, -0.2) is 4.98 Å². The molecule has 78 valence electrons. The summed E-state index contributed by atoms with van der Waals surface area (Å²) >= 11 is 3.28. The first-order valence-corrected chi connectivity index (χ1v) is 5.08. The third-order valence-corrected chi connectivity index (χ3v) is 1.91. The van der Waals surface area contributed by atoms with Gasteiger partial charge >= 0.3 is 0 Å². The molecule has 0 aliphatic carbocycles. The van der Waals surface area contributed by atoms with Gasteiger partial charge in [-0.05, 0) is 29.8 Å². The molecule has 0 saturated carbocycles. The van der Waals surface area contributed by atoms with Gasteiger partial charge in [0.05, 0.1) is 6.61 Å². The van der Waals surface area contributed by atoms with E-state index in [1.807, 2.05) is 13.8 Å². The summed E-state index contributed by atoms with van der Waals surface area (Å²) < 4.78 is 11.2. The zero-order valence-electron chi connectivity index (χ0n) is 8.45. The first kappa shape index (κ1) is 11.4. The maximum Gasteiger partial charge on any atom is 0.218 e. The van der Waals surface area contributed by atoms with Crippen molar-refractivity contribution in [1.29, 1.82) is 0 Å². The fraction of sp³-hybridized carbons (Fsp3) is 0.556. The molecular weight excluding hydrogens is 248 g/mol. The van der Waals surface area contributed by atoms with Crippen LogP contribution in [0.1, 0.15) is 12.7 Å². The van der Waals surface area contributed by atoms with Crippen LogP contribution in [-0.2, 0) is 4.74 Å². The van der Waals surface area contributed by atoms with Gasteiger partial charge in [0.2, 0.25) is 5.88 Å². The second-order valence-corrected chi connectivity index (χ2v) is 3.77. The predicted octanol–water partition coefficient (Wildman–Crippen LogP) is 1.96. The Bertz CT molecular complexity index is 287. The molecule has 0 saturated heterocycles. The van der Waals surface area contributed by atoms with Crippen molar-refractivity contribution in [1.82, 2.24) is 9.97 Å². The van der Waals surface area contributed by atoms with Crippen molar-refractivity contribution < 1.29 is 9.47 Å². The van der Waals surface area contributed by atoms with Crippen LogP contribution in [0.15, 0.2) is 10.7 Å². The summed E-state index contributed by atoms with van der Waals surface area (Å²) in [6.07, 6.45) is -0.0128. The standard InChI is InChI=1S/C9H13BrN2O2/c1-6(5-13-3)14-9-4-8(10)11-7(2)12-9/h4,6H,5H2,1-3H3. The molecule has 1 aromatic heterocycles. The van der Waals surface area contributed by atoms with E-state index >= 15 is 0 Å². The number of aromatic nitrogens is 2. The van der Waals surface area contributed by atoms with Crippen molar-refractivity contribution in [3.05, 3.63) is 16.5 Å². The molecule has 14 heavy (non-hydrogen) atoms. The average Bonchev–Trinajstić information content (AvgIpc) is 2.01. The molecule has 0 aliphatic heterocycles. The molecule has 1 unspecified atom stereocenters. The number of hydrogen-bond acceptors (Lipinski definition) is 4. The smallest absolute Gasteiger partial charge is 0.218 e. The highest BCUT2D eigenvalue weighted by atomic mass is 79.9. The van der Waals surface area contributed by atoms with Crippen LogP contribution < -0.4 is 4.74 Å². The van der Waals surface area contributed by atoms with Crippen molar-refractivity contribution >= 4 is 15.9 Å². The van der Waals surface area contributed by atoms with Gasteiger partial charge < -0.3 is 9.47 Å². The van der Waals surface area contributed by atoms with E-state index in [0.717, 1.165) is 4.60 Å². The molecule has 0 aliphatic rings. The Morgan fingerprint density at radius 2 is 2.21 bits per heavy atom. The lowest BCUT2D eigenvalue weighted by molar-refractivity contribution is 0.0887. The normalized spacial score (nSPS) is 12.6. The number of aryl methyl sites for hydroxylation is 1. The minimum Gasteiger partial charge on any atom is -0.472 e. The van der Waals surface area contributed by atoms with E-state index in [9.17, 15) is 0 Å². The van der Waals surface area contributed by atoms with Gasteiger partial charge in [-0.2, -0.15) is 4.98 Å². The zero-order valence-corrected chi connectivity index (χ0v) is 10.0. The maximum absolute atomic E-state index is 5.51. The summed E-state index contributed by atoms with van der Waals surface area (Å²) in [5.41, 5.74) is 0. The highest BCUT2D eigenvalue weighted by Gasteiger charge is 2.06. The van der Waals surface area contributed by atoms with Crippen LogP contribution in [0.2, 0.25) is 0 Å². The predicted molar refractivity (Wildman–Crippen MR) is 56.4 cm³/mol. The summed E-state index contributed by atoms with van der Waals surface area (Å²) in [5.74, 6) is 1.24.